The van der Waals surface area contributed by atoms with Gasteiger partial charge < -0.3 is 14.1 Å². The number of aromatic nitrogens is 1. The quantitative estimate of drug-likeness (QED) is 0.842. The molecule has 0 radical (unpaired) electrons. The third-order valence-corrected chi connectivity index (χ3v) is 4.90. The van der Waals surface area contributed by atoms with E-state index in [0.29, 0.717) is 29.8 Å². The maximum absolute atomic E-state index is 12.7. The van der Waals surface area contributed by atoms with Crippen molar-refractivity contribution in [3.63, 3.8) is 0 Å². The minimum absolute atomic E-state index is 0.0137. The minimum Gasteiger partial charge on any atom is -0.448 e. The van der Waals surface area contributed by atoms with E-state index in [1.165, 1.54) is 6.39 Å². The lowest BCUT2D eigenvalue weighted by molar-refractivity contribution is 0.0102. The van der Waals surface area contributed by atoms with Gasteiger partial charge in [-0.05, 0) is 5.92 Å². The lowest BCUT2D eigenvalue weighted by Gasteiger charge is -2.34. The number of rotatable bonds is 4. The lowest BCUT2D eigenvalue weighted by atomic mass is 9.99. The predicted molar refractivity (Wildman–Crippen MR) is 81.7 cm³/mol. The van der Waals surface area contributed by atoms with Crippen LogP contribution in [0.2, 0.25) is 0 Å². The van der Waals surface area contributed by atoms with Gasteiger partial charge in [-0.2, -0.15) is 0 Å². The van der Waals surface area contributed by atoms with Crippen molar-refractivity contribution in [3.8, 4) is 0 Å². The summed E-state index contributed by atoms with van der Waals surface area (Å²) in [5.74, 6) is 1.23. The number of ether oxygens (including phenoxy) is 1. The Kier molecular flexibility index (Phi) is 4.78. The van der Waals surface area contributed by atoms with E-state index in [1.54, 1.807) is 0 Å². The second kappa shape index (κ2) is 6.79. The van der Waals surface area contributed by atoms with Gasteiger partial charge in [0.25, 0.3) is 5.91 Å². The van der Waals surface area contributed by atoms with Gasteiger partial charge in [0.05, 0.1) is 13.2 Å². The Bertz CT molecular complexity index is 510. The molecule has 2 atom stereocenters. The van der Waals surface area contributed by atoms with Crippen molar-refractivity contribution in [1.29, 1.82) is 0 Å². The summed E-state index contributed by atoms with van der Waals surface area (Å²) >= 11 is 0. The zero-order valence-electron chi connectivity index (χ0n) is 13.5. The van der Waals surface area contributed by atoms with E-state index in [0.717, 1.165) is 45.8 Å². The van der Waals surface area contributed by atoms with Gasteiger partial charge in [0.1, 0.15) is 5.76 Å². The molecule has 2 aliphatic rings. The van der Waals surface area contributed by atoms with Crippen LogP contribution >= 0.6 is 0 Å². The van der Waals surface area contributed by atoms with Crippen molar-refractivity contribution in [2.24, 2.45) is 5.92 Å². The van der Waals surface area contributed by atoms with Crippen LogP contribution in [0.4, 0.5) is 0 Å². The van der Waals surface area contributed by atoms with Crippen LogP contribution in [-0.2, 0) is 11.2 Å². The molecule has 0 aliphatic carbocycles. The van der Waals surface area contributed by atoms with Crippen molar-refractivity contribution in [2.75, 3.05) is 39.4 Å². The first kappa shape index (κ1) is 15.5. The summed E-state index contributed by atoms with van der Waals surface area (Å²) in [5, 5.41) is 0. The van der Waals surface area contributed by atoms with E-state index < -0.39 is 0 Å². The second-order valence-corrected chi connectivity index (χ2v) is 6.07. The second-order valence-electron chi connectivity index (χ2n) is 6.07. The Morgan fingerprint density at radius 2 is 2.09 bits per heavy atom. The van der Waals surface area contributed by atoms with Crippen LogP contribution < -0.4 is 0 Å². The summed E-state index contributed by atoms with van der Waals surface area (Å²) in [6.07, 6.45) is 3.16. The smallest absolute Gasteiger partial charge is 0.276 e. The van der Waals surface area contributed by atoms with Crippen LogP contribution in [0.25, 0.3) is 0 Å². The summed E-state index contributed by atoms with van der Waals surface area (Å²) in [4.78, 5) is 21.3. The number of morpholine rings is 1. The monoisotopic (exact) mass is 307 g/mol. The highest BCUT2D eigenvalue weighted by molar-refractivity contribution is 5.93. The standard InChI is InChI=1S/C16H25N3O3/c1-3-12-9-19(10-13(12)18-5-7-21-8-6-18)16(20)15-14(4-2)22-11-17-15/h11-13H,3-10H2,1-2H3/t12-,13-/m1/s1. The molecule has 3 heterocycles. The molecule has 0 spiro atoms. The molecule has 3 rings (SSSR count). The first-order valence-corrected chi connectivity index (χ1v) is 8.28. The van der Waals surface area contributed by atoms with Crippen LogP contribution in [0.1, 0.15) is 36.5 Å². The Morgan fingerprint density at radius 1 is 1.32 bits per heavy atom. The molecule has 1 aromatic rings. The van der Waals surface area contributed by atoms with Crippen LogP contribution in [0, 0.1) is 5.92 Å². The highest BCUT2D eigenvalue weighted by atomic mass is 16.5. The Labute approximate surface area is 131 Å². The largest absolute Gasteiger partial charge is 0.448 e. The molecule has 6 heteroatoms. The number of nitrogens with zero attached hydrogens (tertiary/aromatic N) is 3. The van der Waals surface area contributed by atoms with Crippen molar-refractivity contribution >= 4 is 5.91 Å². The maximum atomic E-state index is 12.7. The molecule has 122 valence electrons. The van der Waals surface area contributed by atoms with Crippen molar-refractivity contribution in [2.45, 2.75) is 32.7 Å². The average molecular weight is 307 g/mol. The molecule has 1 aromatic heterocycles. The highest BCUT2D eigenvalue weighted by Gasteiger charge is 2.39. The Hall–Kier alpha value is -1.40. The first-order valence-electron chi connectivity index (χ1n) is 8.28. The number of carbonyl (C=O) groups excluding carboxylic acids is 1. The van der Waals surface area contributed by atoms with Gasteiger partial charge >= 0.3 is 0 Å². The zero-order chi connectivity index (χ0) is 15.5. The van der Waals surface area contributed by atoms with Crippen LogP contribution in [-0.4, -0.2) is 66.1 Å². The third kappa shape index (κ3) is 2.90. The molecule has 2 aliphatic heterocycles. The number of hydrogen-bond acceptors (Lipinski definition) is 5. The third-order valence-electron chi connectivity index (χ3n) is 4.90. The fourth-order valence-electron chi connectivity index (χ4n) is 3.59. The van der Waals surface area contributed by atoms with Crippen LogP contribution in [0.15, 0.2) is 10.8 Å². The molecular formula is C16H25N3O3. The summed E-state index contributed by atoms with van der Waals surface area (Å²) in [7, 11) is 0. The summed E-state index contributed by atoms with van der Waals surface area (Å²) in [5.41, 5.74) is 0.486. The predicted octanol–water partition coefficient (Wildman–Crippen LogP) is 1.42. The normalized spacial score (nSPS) is 26.5. The van der Waals surface area contributed by atoms with Crippen LogP contribution in [0.3, 0.4) is 0 Å². The van der Waals surface area contributed by atoms with Gasteiger partial charge in [0.2, 0.25) is 0 Å². The number of likely N-dealkylation sites (tertiary alicyclic amines) is 1. The van der Waals surface area contributed by atoms with Gasteiger partial charge in [-0.25, -0.2) is 4.98 Å². The van der Waals surface area contributed by atoms with E-state index in [9.17, 15) is 4.79 Å². The van der Waals surface area contributed by atoms with Gasteiger partial charge in [-0.1, -0.05) is 20.3 Å². The molecule has 0 unspecified atom stereocenters. The zero-order valence-corrected chi connectivity index (χ0v) is 13.5. The molecule has 2 fully saturated rings. The SMILES string of the molecule is CCc1ocnc1C(=O)N1C[C@@H](CC)[C@H](N2CCOCC2)C1. The van der Waals surface area contributed by atoms with Crippen molar-refractivity contribution in [1.82, 2.24) is 14.8 Å². The van der Waals surface area contributed by atoms with E-state index >= 15 is 0 Å². The molecule has 0 bridgehead atoms. The molecule has 0 saturated carbocycles. The first-order chi connectivity index (χ1) is 10.7. The van der Waals surface area contributed by atoms with Gasteiger partial charge in [-0.3, -0.25) is 9.69 Å². The number of aryl methyl sites for hydroxylation is 1. The molecule has 6 nitrogen and oxygen atoms in total. The van der Waals surface area contributed by atoms with E-state index in [-0.39, 0.29) is 5.91 Å². The number of oxazole rings is 1. The van der Waals surface area contributed by atoms with Crippen molar-refractivity contribution in [3.05, 3.63) is 17.8 Å². The molecule has 1 amide bonds. The van der Waals surface area contributed by atoms with E-state index in [2.05, 4.69) is 16.8 Å². The summed E-state index contributed by atoms with van der Waals surface area (Å²) < 4.78 is 10.8. The van der Waals surface area contributed by atoms with E-state index in [4.69, 9.17) is 9.15 Å². The molecule has 22 heavy (non-hydrogen) atoms. The average Bonchev–Trinajstić information content (AvgIpc) is 3.21. The van der Waals surface area contributed by atoms with E-state index in [1.807, 2.05) is 11.8 Å². The molecule has 0 N–H and O–H groups in total. The summed E-state index contributed by atoms with van der Waals surface area (Å²) in [6.45, 7) is 9.31. The Morgan fingerprint density at radius 3 is 2.77 bits per heavy atom. The number of hydrogen-bond donors (Lipinski definition) is 0. The van der Waals surface area contributed by atoms with Gasteiger partial charge in [-0.15, -0.1) is 0 Å². The molecular weight excluding hydrogens is 282 g/mol. The molecule has 0 aromatic carbocycles. The van der Waals surface area contributed by atoms with Crippen molar-refractivity contribution < 1.29 is 13.9 Å². The number of amides is 1. The topological polar surface area (TPSA) is 58.8 Å². The minimum atomic E-state index is 0.0137. The Balaban J connectivity index is 1.72. The fourth-order valence-corrected chi connectivity index (χ4v) is 3.59. The van der Waals surface area contributed by atoms with Gasteiger partial charge in [0.15, 0.2) is 12.1 Å². The highest BCUT2D eigenvalue weighted by Crippen LogP contribution is 2.27. The summed E-state index contributed by atoms with van der Waals surface area (Å²) in [6, 6.07) is 0.440. The van der Waals surface area contributed by atoms with Gasteiger partial charge in [0, 0.05) is 38.6 Å². The maximum Gasteiger partial charge on any atom is 0.276 e. The number of carbonyl (C=O) groups is 1. The molecule has 2 saturated heterocycles. The lowest BCUT2D eigenvalue weighted by Crippen LogP contribution is -2.47. The van der Waals surface area contributed by atoms with Crippen LogP contribution in [0.5, 0.6) is 0 Å². The fraction of sp³-hybridized carbons (Fsp3) is 0.750.